The summed E-state index contributed by atoms with van der Waals surface area (Å²) in [5, 5.41) is 3.43. The van der Waals surface area contributed by atoms with E-state index < -0.39 is 0 Å². The molecule has 2 unspecified atom stereocenters. The molecule has 4 heteroatoms. The molecule has 2 atom stereocenters. The fourth-order valence-corrected chi connectivity index (χ4v) is 3.45. The second kappa shape index (κ2) is 3.98. The molecule has 0 radical (unpaired) electrons. The van der Waals surface area contributed by atoms with Crippen LogP contribution in [0.25, 0.3) is 0 Å². The zero-order chi connectivity index (χ0) is 11.1. The van der Waals surface area contributed by atoms with Crippen LogP contribution in [0.1, 0.15) is 13.8 Å². The highest BCUT2D eigenvalue weighted by Crippen LogP contribution is 2.40. The summed E-state index contributed by atoms with van der Waals surface area (Å²) in [6, 6.07) is 0. The van der Waals surface area contributed by atoms with Crippen molar-refractivity contribution in [3.63, 3.8) is 0 Å². The molecule has 2 fully saturated rings. The molecule has 2 heterocycles. The number of nitrogens with one attached hydrogen (secondary N) is 1. The van der Waals surface area contributed by atoms with Crippen molar-refractivity contribution in [1.29, 1.82) is 0 Å². The van der Waals surface area contributed by atoms with Crippen LogP contribution in [0.15, 0.2) is 0 Å². The number of hydrogen-bond donors (Lipinski definition) is 1. The molecule has 2 saturated heterocycles. The van der Waals surface area contributed by atoms with Crippen LogP contribution in [-0.2, 0) is 4.79 Å². The van der Waals surface area contributed by atoms with Crippen LogP contribution in [0.5, 0.6) is 0 Å². The molecule has 0 aromatic carbocycles. The maximum Gasteiger partial charge on any atom is 0.233 e. The van der Waals surface area contributed by atoms with Crippen LogP contribution in [0.4, 0.5) is 0 Å². The van der Waals surface area contributed by atoms with E-state index in [-0.39, 0.29) is 5.54 Å². The number of nitrogens with zero attached hydrogens (tertiary/aromatic N) is 1. The van der Waals surface area contributed by atoms with E-state index >= 15 is 0 Å². The van der Waals surface area contributed by atoms with Crippen molar-refractivity contribution in [2.45, 2.75) is 19.4 Å². The molecule has 0 aromatic rings. The van der Waals surface area contributed by atoms with Crippen LogP contribution < -0.4 is 5.32 Å². The molecule has 0 saturated carbocycles. The number of thioether (sulfide) groups is 1. The first-order valence-corrected chi connectivity index (χ1v) is 6.97. The van der Waals surface area contributed by atoms with Gasteiger partial charge in [0, 0.05) is 25.2 Å². The predicted molar refractivity (Wildman–Crippen MR) is 64.0 cm³/mol. The van der Waals surface area contributed by atoms with E-state index in [2.05, 4.69) is 24.1 Å². The van der Waals surface area contributed by atoms with Crippen molar-refractivity contribution in [3.05, 3.63) is 0 Å². The van der Waals surface area contributed by atoms with Gasteiger partial charge in [0.2, 0.25) is 5.91 Å². The summed E-state index contributed by atoms with van der Waals surface area (Å²) >= 11 is 1.62. The summed E-state index contributed by atoms with van der Waals surface area (Å²) in [6.07, 6.45) is 1.99. The van der Waals surface area contributed by atoms with Gasteiger partial charge in [0.05, 0.1) is 5.75 Å². The number of amides is 1. The molecule has 2 aliphatic rings. The summed E-state index contributed by atoms with van der Waals surface area (Å²) in [5.41, 5.74) is 0.0426. The normalized spacial score (nSPS) is 33.1. The van der Waals surface area contributed by atoms with Crippen molar-refractivity contribution in [1.82, 2.24) is 10.2 Å². The summed E-state index contributed by atoms with van der Waals surface area (Å²) in [7, 11) is 0. The summed E-state index contributed by atoms with van der Waals surface area (Å²) in [5.74, 6) is 2.24. The Balaban J connectivity index is 2.11. The molecular weight excluding hydrogens is 208 g/mol. The van der Waals surface area contributed by atoms with Gasteiger partial charge in [-0.15, -0.1) is 0 Å². The minimum Gasteiger partial charge on any atom is -0.336 e. The molecule has 86 valence electrons. The molecule has 0 spiro atoms. The van der Waals surface area contributed by atoms with Crippen molar-refractivity contribution >= 4 is 17.7 Å². The molecular formula is C11H20N2OS. The Kier molecular flexibility index (Phi) is 2.99. The molecule has 1 amide bonds. The maximum atomic E-state index is 12.0. The molecule has 3 nitrogen and oxygen atoms in total. The Hall–Kier alpha value is -0.220. The lowest BCUT2D eigenvalue weighted by molar-refractivity contribution is -0.132. The number of carbonyl (C=O) groups excluding carboxylic acids is 1. The highest BCUT2D eigenvalue weighted by molar-refractivity contribution is 7.99. The standard InChI is InChI=1S/C11H20N2OS/c1-11(2)9-5-12-4-8(9)6-13(11)10(14)7-15-3/h8-9,12H,4-7H2,1-3H3. The van der Waals surface area contributed by atoms with Gasteiger partial charge in [0.1, 0.15) is 0 Å². The van der Waals surface area contributed by atoms with E-state index in [1.165, 1.54) is 0 Å². The van der Waals surface area contributed by atoms with Gasteiger partial charge in [0.25, 0.3) is 0 Å². The largest absolute Gasteiger partial charge is 0.336 e. The van der Waals surface area contributed by atoms with Crippen molar-refractivity contribution in [3.8, 4) is 0 Å². The Morgan fingerprint density at radius 2 is 2.27 bits per heavy atom. The molecule has 1 N–H and O–H groups in total. The summed E-state index contributed by atoms with van der Waals surface area (Å²) in [6.45, 7) is 7.52. The second-order valence-corrected chi connectivity index (χ2v) is 5.98. The van der Waals surface area contributed by atoms with E-state index in [1.807, 2.05) is 6.26 Å². The van der Waals surface area contributed by atoms with E-state index in [4.69, 9.17) is 0 Å². The van der Waals surface area contributed by atoms with Gasteiger partial charge >= 0.3 is 0 Å². The number of rotatable bonds is 2. The minimum absolute atomic E-state index is 0.0426. The summed E-state index contributed by atoms with van der Waals surface area (Å²) in [4.78, 5) is 14.1. The van der Waals surface area contributed by atoms with Gasteiger partial charge in [-0.3, -0.25) is 4.79 Å². The summed E-state index contributed by atoms with van der Waals surface area (Å²) < 4.78 is 0. The lowest BCUT2D eigenvalue weighted by Crippen LogP contribution is -2.48. The first-order chi connectivity index (χ1) is 7.07. The Bertz CT molecular complexity index is 267. The van der Waals surface area contributed by atoms with Crippen LogP contribution in [0, 0.1) is 11.8 Å². The second-order valence-electron chi connectivity index (χ2n) is 5.12. The average Bonchev–Trinajstić information content (AvgIpc) is 2.69. The van der Waals surface area contributed by atoms with Crippen LogP contribution in [-0.4, -0.2) is 48.0 Å². The average molecular weight is 228 g/mol. The Morgan fingerprint density at radius 1 is 1.53 bits per heavy atom. The van der Waals surface area contributed by atoms with Gasteiger partial charge in [-0.25, -0.2) is 0 Å². The number of fused-ring (bicyclic) bond motifs is 1. The van der Waals surface area contributed by atoms with E-state index in [1.54, 1.807) is 11.8 Å². The zero-order valence-corrected chi connectivity index (χ0v) is 10.6. The number of carbonyl (C=O) groups is 1. The molecule has 2 rings (SSSR count). The van der Waals surface area contributed by atoms with Crippen molar-refractivity contribution < 1.29 is 4.79 Å². The Labute approximate surface area is 96.0 Å². The lowest BCUT2D eigenvalue weighted by Gasteiger charge is -2.35. The van der Waals surface area contributed by atoms with Crippen molar-refractivity contribution in [2.24, 2.45) is 11.8 Å². The predicted octanol–water partition coefficient (Wildman–Crippen LogP) is 0.806. The van der Waals surface area contributed by atoms with E-state index in [0.29, 0.717) is 23.5 Å². The highest BCUT2D eigenvalue weighted by Gasteiger charge is 2.50. The molecule has 0 bridgehead atoms. The Morgan fingerprint density at radius 3 is 2.87 bits per heavy atom. The van der Waals surface area contributed by atoms with Gasteiger partial charge in [-0.05, 0) is 31.9 Å². The van der Waals surface area contributed by atoms with Gasteiger partial charge in [-0.1, -0.05) is 0 Å². The highest BCUT2D eigenvalue weighted by atomic mass is 32.2. The first-order valence-electron chi connectivity index (χ1n) is 5.57. The van der Waals surface area contributed by atoms with Gasteiger partial charge in [-0.2, -0.15) is 11.8 Å². The van der Waals surface area contributed by atoms with Crippen LogP contribution in [0.3, 0.4) is 0 Å². The van der Waals surface area contributed by atoms with Gasteiger partial charge < -0.3 is 10.2 Å². The lowest BCUT2D eigenvalue weighted by atomic mass is 9.85. The third-order valence-electron chi connectivity index (χ3n) is 3.93. The maximum absolute atomic E-state index is 12.0. The van der Waals surface area contributed by atoms with Gasteiger partial charge in [0.15, 0.2) is 0 Å². The van der Waals surface area contributed by atoms with Crippen LogP contribution in [0.2, 0.25) is 0 Å². The smallest absolute Gasteiger partial charge is 0.233 e. The van der Waals surface area contributed by atoms with E-state index in [0.717, 1.165) is 19.6 Å². The molecule has 0 aliphatic carbocycles. The zero-order valence-electron chi connectivity index (χ0n) is 9.75. The third-order valence-corrected chi connectivity index (χ3v) is 4.46. The number of likely N-dealkylation sites (tertiary alicyclic amines) is 1. The minimum atomic E-state index is 0.0426. The topological polar surface area (TPSA) is 32.3 Å². The monoisotopic (exact) mass is 228 g/mol. The molecule has 15 heavy (non-hydrogen) atoms. The van der Waals surface area contributed by atoms with Crippen molar-refractivity contribution in [2.75, 3.05) is 31.6 Å². The van der Waals surface area contributed by atoms with Crippen LogP contribution >= 0.6 is 11.8 Å². The quantitative estimate of drug-likeness (QED) is 0.759. The van der Waals surface area contributed by atoms with E-state index in [9.17, 15) is 4.79 Å². The molecule has 2 aliphatic heterocycles. The fraction of sp³-hybridized carbons (Fsp3) is 0.909. The molecule has 0 aromatic heterocycles. The first kappa shape index (κ1) is 11.3. The third kappa shape index (κ3) is 1.78. The fourth-order valence-electron chi connectivity index (χ4n) is 3.05. The number of hydrogen-bond acceptors (Lipinski definition) is 3. The SMILES string of the molecule is CSCC(=O)N1CC2CNCC2C1(C)C.